The molecule has 1 amide bonds. The Bertz CT molecular complexity index is 382. The smallest absolute Gasteiger partial charge is 0.407 e. The highest BCUT2D eigenvalue weighted by Gasteiger charge is 2.04. The Morgan fingerprint density at radius 2 is 2.24 bits per heavy atom. The van der Waals surface area contributed by atoms with Gasteiger partial charge in [0.05, 0.1) is 13.7 Å². The third kappa shape index (κ3) is 4.53. The summed E-state index contributed by atoms with van der Waals surface area (Å²) >= 11 is 6.06. The molecule has 0 unspecified atom stereocenters. The molecular weight excluding hydrogens is 242 g/mol. The lowest BCUT2D eigenvalue weighted by Crippen LogP contribution is -2.26. The molecule has 0 atom stereocenters. The molecule has 0 aliphatic rings. The zero-order valence-corrected chi connectivity index (χ0v) is 10.7. The first-order valence-electron chi connectivity index (χ1n) is 5.40. The lowest BCUT2D eigenvalue weighted by molar-refractivity contribution is 0.152. The average Bonchev–Trinajstić information content (AvgIpc) is 2.31. The number of ether oxygens (including phenoxy) is 2. The fourth-order valence-corrected chi connectivity index (χ4v) is 1.60. The maximum Gasteiger partial charge on any atom is 0.407 e. The van der Waals surface area contributed by atoms with Gasteiger partial charge >= 0.3 is 6.09 Å². The number of methoxy groups -OCH3 is 1. The van der Waals surface area contributed by atoms with E-state index >= 15 is 0 Å². The number of hydrogen-bond donors (Lipinski definition) is 1. The van der Waals surface area contributed by atoms with Gasteiger partial charge in [-0.05, 0) is 31.0 Å². The van der Waals surface area contributed by atoms with Gasteiger partial charge in [0.15, 0.2) is 0 Å². The van der Waals surface area contributed by atoms with Crippen molar-refractivity contribution < 1.29 is 14.3 Å². The number of amides is 1. The quantitative estimate of drug-likeness (QED) is 0.882. The largest absolute Gasteiger partial charge is 0.497 e. The number of rotatable bonds is 5. The predicted molar refractivity (Wildman–Crippen MR) is 66.7 cm³/mol. The molecule has 5 heteroatoms. The molecule has 0 aliphatic heterocycles. The molecule has 0 heterocycles. The number of carbonyl (C=O) groups excluding carboxylic acids is 1. The second kappa shape index (κ2) is 7.01. The molecule has 94 valence electrons. The van der Waals surface area contributed by atoms with Gasteiger partial charge < -0.3 is 14.8 Å². The fourth-order valence-electron chi connectivity index (χ4n) is 1.34. The third-order valence-electron chi connectivity index (χ3n) is 2.20. The van der Waals surface area contributed by atoms with Gasteiger partial charge in [0.25, 0.3) is 0 Å². The van der Waals surface area contributed by atoms with Crippen molar-refractivity contribution in [2.24, 2.45) is 0 Å². The first kappa shape index (κ1) is 13.6. The number of halogens is 1. The summed E-state index contributed by atoms with van der Waals surface area (Å²) in [6.45, 7) is 2.62. The van der Waals surface area contributed by atoms with Crippen molar-refractivity contribution in [1.29, 1.82) is 0 Å². The maximum atomic E-state index is 11.0. The Labute approximate surface area is 106 Å². The van der Waals surface area contributed by atoms with Gasteiger partial charge in [0, 0.05) is 11.6 Å². The van der Waals surface area contributed by atoms with Gasteiger partial charge in [-0.15, -0.1) is 0 Å². The topological polar surface area (TPSA) is 47.6 Å². The standard InChI is InChI=1S/C12H16ClNO3/c1-3-17-12(15)14-7-6-9-4-5-10(16-2)8-11(9)13/h4-5,8H,3,6-7H2,1-2H3,(H,14,15). The number of nitrogens with one attached hydrogen (secondary N) is 1. The summed E-state index contributed by atoms with van der Waals surface area (Å²) in [6.07, 6.45) is 0.249. The van der Waals surface area contributed by atoms with E-state index in [4.69, 9.17) is 21.1 Å². The van der Waals surface area contributed by atoms with Crippen molar-refractivity contribution in [2.45, 2.75) is 13.3 Å². The summed E-state index contributed by atoms with van der Waals surface area (Å²) in [5.41, 5.74) is 0.962. The number of carbonyl (C=O) groups is 1. The zero-order chi connectivity index (χ0) is 12.7. The molecule has 0 bridgehead atoms. The van der Waals surface area contributed by atoms with Crippen LogP contribution in [-0.4, -0.2) is 26.4 Å². The van der Waals surface area contributed by atoms with Crippen molar-refractivity contribution in [3.63, 3.8) is 0 Å². The van der Waals surface area contributed by atoms with Gasteiger partial charge in [0.1, 0.15) is 5.75 Å². The van der Waals surface area contributed by atoms with E-state index in [1.54, 1.807) is 20.1 Å². The Balaban J connectivity index is 2.44. The minimum Gasteiger partial charge on any atom is -0.497 e. The second-order valence-corrected chi connectivity index (χ2v) is 3.76. The van der Waals surface area contributed by atoms with E-state index in [1.807, 2.05) is 12.1 Å². The van der Waals surface area contributed by atoms with Gasteiger partial charge in [-0.2, -0.15) is 0 Å². The summed E-state index contributed by atoms with van der Waals surface area (Å²) in [5.74, 6) is 0.720. The average molecular weight is 258 g/mol. The van der Waals surface area contributed by atoms with E-state index in [0.717, 1.165) is 11.3 Å². The number of hydrogen-bond acceptors (Lipinski definition) is 3. The van der Waals surface area contributed by atoms with Crippen LogP contribution in [0.1, 0.15) is 12.5 Å². The van der Waals surface area contributed by atoms with E-state index in [1.165, 1.54) is 0 Å². The first-order valence-corrected chi connectivity index (χ1v) is 5.78. The van der Waals surface area contributed by atoms with Gasteiger partial charge in [-0.25, -0.2) is 4.79 Å². The lowest BCUT2D eigenvalue weighted by atomic mass is 10.1. The minimum atomic E-state index is -0.405. The molecule has 0 aliphatic carbocycles. The molecule has 0 saturated carbocycles. The number of alkyl carbamates (subject to hydrolysis) is 1. The highest BCUT2D eigenvalue weighted by molar-refractivity contribution is 6.31. The monoisotopic (exact) mass is 257 g/mol. The van der Waals surface area contributed by atoms with Crippen molar-refractivity contribution in [2.75, 3.05) is 20.3 Å². The van der Waals surface area contributed by atoms with Crippen LogP contribution in [-0.2, 0) is 11.2 Å². The summed E-state index contributed by atoms with van der Waals surface area (Å²) in [6, 6.07) is 5.47. The van der Waals surface area contributed by atoms with Crippen LogP contribution in [0.5, 0.6) is 5.75 Å². The highest BCUT2D eigenvalue weighted by atomic mass is 35.5. The van der Waals surface area contributed by atoms with Gasteiger partial charge in [0.2, 0.25) is 0 Å². The SMILES string of the molecule is CCOC(=O)NCCc1ccc(OC)cc1Cl. The molecule has 4 nitrogen and oxygen atoms in total. The molecule has 0 spiro atoms. The van der Waals surface area contributed by atoms with E-state index in [-0.39, 0.29) is 0 Å². The molecule has 0 fully saturated rings. The molecule has 17 heavy (non-hydrogen) atoms. The van der Waals surface area contributed by atoms with E-state index in [9.17, 15) is 4.79 Å². The van der Waals surface area contributed by atoms with Crippen LogP contribution in [0.2, 0.25) is 5.02 Å². The number of benzene rings is 1. The van der Waals surface area contributed by atoms with Crippen LogP contribution in [0.25, 0.3) is 0 Å². The third-order valence-corrected chi connectivity index (χ3v) is 2.55. The van der Waals surface area contributed by atoms with Crippen molar-refractivity contribution in [3.05, 3.63) is 28.8 Å². The Hall–Kier alpha value is -1.42. The van der Waals surface area contributed by atoms with E-state index in [0.29, 0.717) is 24.6 Å². The van der Waals surface area contributed by atoms with Gasteiger partial charge in [-0.1, -0.05) is 17.7 Å². The lowest BCUT2D eigenvalue weighted by Gasteiger charge is -2.08. The fraction of sp³-hybridized carbons (Fsp3) is 0.417. The minimum absolute atomic E-state index is 0.370. The Morgan fingerprint density at radius 1 is 1.47 bits per heavy atom. The normalized spacial score (nSPS) is 9.82. The summed E-state index contributed by atoms with van der Waals surface area (Å²) < 4.78 is 9.79. The van der Waals surface area contributed by atoms with E-state index < -0.39 is 6.09 Å². The second-order valence-electron chi connectivity index (χ2n) is 3.35. The molecule has 1 aromatic carbocycles. The molecule has 0 saturated heterocycles. The highest BCUT2D eigenvalue weighted by Crippen LogP contribution is 2.22. The summed E-state index contributed by atoms with van der Waals surface area (Å²) in [4.78, 5) is 11.0. The molecule has 1 aromatic rings. The summed E-state index contributed by atoms with van der Waals surface area (Å²) in [7, 11) is 1.59. The van der Waals surface area contributed by atoms with E-state index in [2.05, 4.69) is 5.32 Å². The van der Waals surface area contributed by atoms with Crippen LogP contribution in [0.15, 0.2) is 18.2 Å². The molecule has 0 aromatic heterocycles. The van der Waals surface area contributed by atoms with Crippen LogP contribution in [0.3, 0.4) is 0 Å². The van der Waals surface area contributed by atoms with Crippen molar-refractivity contribution in [1.82, 2.24) is 5.32 Å². The van der Waals surface area contributed by atoms with Gasteiger partial charge in [-0.3, -0.25) is 0 Å². The van der Waals surface area contributed by atoms with Crippen molar-refractivity contribution in [3.8, 4) is 5.75 Å². The molecule has 1 rings (SSSR count). The molecule has 0 radical (unpaired) electrons. The first-order chi connectivity index (χ1) is 8.17. The Morgan fingerprint density at radius 3 is 2.82 bits per heavy atom. The molecule has 1 N–H and O–H groups in total. The Kier molecular flexibility index (Phi) is 5.63. The van der Waals surface area contributed by atoms with Crippen LogP contribution >= 0.6 is 11.6 Å². The van der Waals surface area contributed by atoms with Crippen LogP contribution < -0.4 is 10.1 Å². The van der Waals surface area contributed by atoms with Crippen LogP contribution in [0.4, 0.5) is 4.79 Å². The van der Waals surface area contributed by atoms with Crippen LogP contribution in [0, 0.1) is 0 Å². The predicted octanol–water partition coefficient (Wildman–Crippen LogP) is 2.64. The molecular formula is C12H16ClNO3. The zero-order valence-electron chi connectivity index (χ0n) is 9.96. The maximum absolute atomic E-state index is 11.0. The summed E-state index contributed by atoms with van der Waals surface area (Å²) in [5, 5.41) is 3.27. The van der Waals surface area contributed by atoms with Crippen molar-refractivity contribution >= 4 is 17.7 Å².